The number of alkyl halides is 5. The molecule has 0 aliphatic heterocycles. The Labute approximate surface area is 158 Å². The number of hydrogen-bond acceptors (Lipinski definition) is 4. The fraction of sp³-hybridized carbons (Fsp3) is 0.294. The van der Waals surface area contributed by atoms with Gasteiger partial charge in [-0.15, -0.1) is 0 Å². The first-order valence-electron chi connectivity index (χ1n) is 7.81. The SMILES string of the molecule is COc1cc(CCNS(=O)(=O)c2ccc(C(F)(F)F)cc2)ccc1OC(F)F. The minimum absolute atomic E-state index is 0.0587. The van der Waals surface area contributed by atoms with Crippen LogP contribution in [0.3, 0.4) is 0 Å². The van der Waals surface area contributed by atoms with Gasteiger partial charge in [0, 0.05) is 6.54 Å². The molecule has 5 nitrogen and oxygen atoms in total. The molecule has 0 aliphatic rings. The average Bonchev–Trinajstić information content (AvgIpc) is 2.61. The number of halogens is 5. The summed E-state index contributed by atoms with van der Waals surface area (Å²) in [7, 11) is -2.74. The van der Waals surface area contributed by atoms with E-state index >= 15 is 0 Å². The van der Waals surface area contributed by atoms with Gasteiger partial charge in [-0.1, -0.05) is 6.07 Å². The molecule has 0 fully saturated rings. The van der Waals surface area contributed by atoms with Crippen LogP contribution in [0.25, 0.3) is 0 Å². The monoisotopic (exact) mass is 425 g/mol. The predicted molar refractivity (Wildman–Crippen MR) is 90.0 cm³/mol. The lowest BCUT2D eigenvalue weighted by molar-refractivity contribution is -0.137. The summed E-state index contributed by atoms with van der Waals surface area (Å²) >= 11 is 0. The minimum Gasteiger partial charge on any atom is -0.493 e. The van der Waals surface area contributed by atoms with Gasteiger partial charge < -0.3 is 9.47 Å². The largest absolute Gasteiger partial charge is 0.493 e. The maximum Gasteiger partial charge on any atom is 0.416 e. The van der Waals surface area contributed by atoms with E-state index in [1.165, 1.54) is 25.3 Å². The lowest BCUT2D eigenvalue weighted by Crippen LogP contribution is -2.26. The van der Waals surface area contributed by atoms with Crippen LogP contribution in [0.2, 0.25) is 0 Å². The highest BCUT2D eigenvalue weighted by Gasteiger charge is 2.30. The van der Waals surface area contributed by atoms with E-state index in [4.69, 9.17) is 4.74 Å². The van der Waals surface area contributed by atoms with Gasteiger partial charge in [-0.3, -0.25) is 0 Å². The topological polar surface area (TPSA) is 64.6 Å². The molecule has 1 N–H and O–H groups in total. The number of benzene rings is 2. The number of methoxy groups -OCH3 is 1. The van der Waals surface area contributed by atoms with Gasteiger partial charge in [-0.2, -0.15) is 22.0 Å². The van der Waals surface area contributed by atoms with E-state index in [0.717, 1.165) is 12.1 Å². The Balaban J connectivity index is 2.02. The van der Waals surface area contributed by atoms with Crippen molar-refractivity contribution in [2.75, 3.05) is 13.7 Å². The van der Waals surface area contributed by atoms with Crippen LogP contribution in [-0.4, -0.2) is 28.7 Å². The van der Waals surface area contributed by atoms with Gasteiger partial charge >= 0.3 is 12.8 Å². The molecule has 154 valence electrons. The summed E-state index contributed by atoms with van der Waals surface area (Å²) in [5.74, 6) is -0.102. The Kier molecular flexibility index (Phi) is 6.83. The molecule has 2 aromatic rings. The third-order valence-electron chi connectivity index (χ3n) is 3.64. The van der Waals surface area contributed by atoms with E-state index in [1.807, 2.05) is 0 Å². The summed E-state index contributed by atoms with van der Waals surface area (Å²) in [6, 6.07) is 7.25. The molecule has 0 heterocycles. The van der Waals surface area contributed by atoms with Crippen molar-refractivity contribution in [2.24, 2.45) is 0 Å². The van der Waals surface area contributed by atoms with Crippen molar-refractivity contribution < 1.29 is 39.8 Å². The van der Waals surface area contributed by atoms with Crippen molar-refractivity contribution in [3.63, 3.8) is 0 Å². The highest BCUT2D eigenvalue weighted by atomic mass is 32.2. The Morgan fingerprint density at radius 2 is 1.68 bits per heavy atom. The van der Waals surface area contributed by atoms with Crippen molar-refractivity contribution in [3.05, 3.63) is 53.6 Å². The Hall–Kier alpha value is -2.40. The fourth-order valence-corrected chi connectivity index (χ4v) is 3.33. The number of hydrogen-bond donors (Lipinski definition) is 1. The smallest absolute Gasteiger partial charge is 0.416 e. The molecule has 0 atom stereocenters. The second kappa shape index (κ2) is 8.74. The first kappa shape index (κ1) is 21.9. The number of ether oxygens (including phenoxy) is 2. The van der Waals surface area contributed by atoms with E-state index in [-0.39, 0.29) is 29.4 Å². The predicted octanol–water partition coefficient (Wildman–Crippen LogP) is 3.84. The van der Waals surface area contributed by atoms with Crippen LogP contribution in [0.4, 0.5) is 22.0 Å². The maximum absolute atomic E-state index is 12.5. The summed E-state index contributed by atoms with van der Waals surface area (Å²) in [6.07, 6.45) is -4.37. The first-order chi connectivity index (χ1) is 13.0. The molecule has 0 spiro atoms. The maximum atomic E-state index is 12.5. The first-order valence-corrected chi connectivity index (χ1v) is 9.30. The molecule has 11 heteroatoms. The normalized spacial score (nSPS) is 12.2. The second-order valence-electron chi connectivity index (χ2n) is 5.53. The van der Waals surface area contributed by atoms with Gasteiger partial charge in [0.2, 0.25) is 10.0 Å². The lowest BCUT2D eigenvalue weighted by Gasteiger charge is -2.12. The zero-order chi connectivity index (χ0) is 20.9. The minimum atomic E-state index is -4.56. The summed E-state index contributed by atoms with van der Waals surface area (Å²) in [4.78, 5) is -0.307. The molecule has 28 heavy (non-hydrogen) atoms. The van der Waals surface area contributed by atoms with Crippen molar-refractivity contribution in [3.8, 4) is 11.5 Å². The van der Waals surface area contributed by atoms with Crippen molar-refractivity contribution >= 4 is 10.0 Å². The molecule has 0 amide bonds. The molecule has 0 radical (unpaired) electrons. The molecule has 0 aromatic heterocycles. The third-order valence-corrected chi connectivity index (χ3v) is 5.12. The van der Waals surface area contributed by atoms with Crippen LogP contribution in [0.1, 0.15) is 11.1 Å². The molecule has 2 rings (SSSR count). The van der Waals surface area contributed by atoms with E-state index in [9.17, 15) is 30.4 Å². The van der Waals surface area contributed by atoms with Crippen molar-refractivity contribution in [2.45, 2.75) is 24.1 Å². The van der Waals surface area contributed by atoms with Crippen molar-refractivity contribution in [1.82, 2.24) is 4.72 Å². The van der Waals surface area contributed by atoms with Crippen LogP contribution in [0.5, 0.6) is 11.5 Å². The molecule has 0 unspecified atom stereocenters. The quantitative estimate of drug-likeness (QED) is 0.653. The highest BCUT2D eigenvalue weighted by Crippen LogP contribution is 2.30. The number of sulfonamides is 1. The summed E-state index contributed by atoms with van der Waals surface area (Å²) in [5.41, 5.74) is -0.377. The molecular weight excluding hydrogens is 409 g/mol. The van der Waals surface area contributed by atoms with Gasteiger partial charge in [0.1, 0.15) is 0 Å². The standard InChI is InChI=1S/C17H16F5NO4S/c1-26-15-10-11(2-7-14(15)27-16(18)19)8-9-23-28(24,25)13-5-3-12(4-6-13)17(20,21)22/h2-7,10,16,23H,8-9H2,1H3. The van der Waals surface area contributed by atoms with Gasteiger partial charge in [-0.05, 0) is 48.4 Å². The summed E-state index contributed by atoms with van der Waals surface area (Å²) in [5, 5.41) is 0. The molecule has 0 bridgehead atoms. The van der Waals surface area contributed by atoms with Gasteiger partial charge in [0.05, 0.1) is 17.6 Å². The zero-order valence-corrected chi connectivity index (χ0v) is 15.3. The van der Waals surface area contributed by atoms with Crippen molar-refractivity contribution in [1.29, 1.82) is 0 Å². The van der Waals surface area contributed by atoms with Crippen LogP contribution < -0.4 is 14.2 Å². The lowest BCUT2D eigenvalue weighted by atomic mass is 10.1. The van der Waals surface area contributed by atoms with Crippen LogP contribution >= 0.6 is 0 Å². The van der Waals surface area contributed by atoms with Crippen LogP contribution in [0.15, 0.2) is 47.4 Å². The van der Waals surface area contributed by atoms with Crippen LogP contribution in [0, 0.1) is 0 Å². The highest BCUT2D eigenvalue weighted by molar-refractivity contribution is 7.89. The molecular formula is C17H16F5NO4S. The number of nitrogens with one attached hydrogen (secondary N) is 1. The second-order valence-corrected chi connectivity index (χ2v) is 7.30. The van der Waals surface area contributed by atoms with E-state index in [0.29, 0.717) is 17.7 Å². The van der Waals surface area contributed by atoms with E-state index in [2.05, 4.69) is 9.46 Å². The average molecular weight is 425 g/mol. The van der Waals surface area contributed by atoms with Gasteiger partial charge in [-0.25, -0.2) is 13.1 Å². The molecule has 0 saturated heterocycles. The summed E-state index contributed by atoms with van der Waals surface area (Å²) < 4.78 is 98.1. The Morgan fingerprint density at radius 1 is 1.04 bits per heavy atom. The molecule has 2 aromatic carbocycles. The van der Waals surface area contributed by atoms with Gasteiger partial charge in [0.25, 0.3) is 0 Å². The van der Waals surface area contributed by atoms with E-state index < -0.39 is 28.4 Å². The zero-order valence-electron chi connectivity index (χ0n) is 14.5. The summed E-state index contributed by atoms with van der Waals surface area (Å²) in [6.45, 7) is -3.09. The Bertz CT molecular complexity index is 899. The third kappa shape index (κ3) is 5.80. The number of rotatable bonds is 8. The van der Waals surface area contributed by atoms with E-state index in [1.54, 1.807) is 0 Å². The van der Waals surface area contributed by atoms with Gasteiger partial charge in [0.15, 0.2) is 11.5 Å². The van der Waals surface area contributed by atoms with Crippen LogP contribution in [-0.2, 0) is 22.6 Å². The molecule has 0 saturated carbocycles. The fourth-order valence-electron chi connectivity index (χ4n) is 2.30. The Morgan fingerprint density at radius 3 is 2.21 bits per heavy atom. The molecule has 0 aliphatic carbocycles.